The summed E-state index contributed by atoms with van der Waals surface area (Å²) in [6, 6.07) is 0. The number of hydrogen-bond donors (Lipinski definition) is 2. The van der Waals surface area contributed by atoms with Gasteiger partial charge in [0.2, 0.25) is 0 Å². The third-order valence-corrected chi connectivity index (χ3v) is 2.04. The molecule has 0 heterocycles. The summed E-state index contributed by atoms with van der Waals surface area (Å²) in [6.45, 7) is 6.25. The Morgan fingerprint density at radius 3 is 0.952 bits per heavy atom. The zero-order valence-corrected chi connectivity index (χ0v) is 15.8. The van der Waals surface area contributed by atoms with Crippen LogP contribution in [0.3, 0.4) is 0 Å². The van der Waals surface area contributed by atoms with Gasteiger partial charge in [-0.25, -0.2) is 0 Å². The first kappa shape index (κ1) is 25.2. The molecule has 1 aliphatic rings. The Morgan fingerprint density at radius 1 is 0.714 bits per heavy atom. The molecule has 0 bridgehead atoms. The van der Waals surface area contributed by atoms with E-state index < -0.39 is 11.2 Å². The normalized spacial score (nSPS) is 13.5. The van der Waals surface area contributed by atoms with E-state index in [1.54, 1.807) is 27.7 Å². The molecule has 0 aromatic heterocycles. The molecule has 0 atom stereocenters. The molecule has 1 rings (SSSR count). The Kier molecular flexibility index (Phi) is 17.0. The van der Waals surface area contributed by atoms with Crippen LogP contribution in [0.15, 0.2) is 24.3 Å². The average molecular weight is 471 g/mol. The summed E-state index contributed by atoms with van der Waals surface area (Å²) in [7, 11) is 0. The van der Waals surface area contributed by atoms with Crippen molar-refractivity contribution in [1.82, 2.24) is 0 Å². The maximum Gasteiger partial charge on any atom is 0.119 e. The van der Waals surface area contributed by atoms with E-state index in [0.29, 0.717) is 0 Å². The van der Waals surface area contributed by atoms with Crippen molar-refractivity contribution in [2.24, 2.45) is 0 Å². The quantitative estimate of drug-likeness (QED) is 0.420. The topological polar surface area (TPSA) is 40.5 Å². The first-order valence-corrected chi connectivity index (χ1v) is 6.82. The van der Waals surface area contributed by atoms with Crippen LogP contribution >= 0.6 is 0 Å². The molecular weight excluding hydrogens is 443 g/mol. The van der Waals surface area contributed by atoms with Crippen molar-refractivity contribution in [2.75, 3.05) is 0 Å². The fourth-order valence-corrected chi connectivity index (χ4v) is 0.856. The molecule has 2 nitrogen and oxygen atoms in total. The zero-order valence-electron chi connectivity index (χ0n) is 13.5. The van der Waals surface area contributed by atoms with Crippen LogP contribution in [0.1, 0.15) is 53.4 Å². The molecule has 0 amide bonds. The minimum absolute atomic E-state index is 0. The maximum absolute atomic E-state index is 8.59. The van der Waals surface area contributed by atoms with Gasteiger partial charge in [0.1, 0.15) is 11.2 Å². The van der Waals surface area contributed by atoms with Crippen molar-refractivity contribution >= 4 is 0 Å². The van der Waals surface area contributed by atoms with Crippen LogP contribution in [0.2, 0.25) is 0 Å². The van der Waals surface area contributed by atoms with E-state index in [4.69, 9.17) is 23.1 Å². The van der Waals surface area contributed by atoms with Crippen molar-refractivity contribution in [1.29, 1.82) is 0 Å². The molecule has 0 fully saturated rings. The second-order valence-corrected chi connectivity index (χ2v) is 5.50. The molecule has 1 aliphatic carbocycles. The molecule has 122 valence electrons. The monoisotopic (exact) mass is 471 g/mol. The number of rotatable bonds is 0. The van der Waals surface area contributed by atoms with Crippen LogP contribution in [-0.2, 0) is 21.1 Å². The summed E-state index contributed by atoms with van der Waals surface area (Å²) < 4.78 is 0. The maximum atomic E-state index is 8.59. The first-order valence-electron chi connectivity index (χ1n) is 6.82. The van der Waals surface area contributed by atoms with Crippen molar-refractivity contribution in [3.8, 4) is 24.7 Å². The van der Waals surface area contributed by atoms with Gasteiger partial charge in [-0.05, 0) is 53.4 Å². The van der Waals surface area contributed by atoms with Gasteiger partial charge in [0.15, 0.2) is 0 Å². The largest absolute Gasteiger partial charge is 0.378 e. The van der Waals surface area contributed by atoms with Gasteiger partial charge < -0.3 is 10.2 Å². The van der Waals surface area contributed by atoms with E-state index >= 15 is 0 Å². The Bertz CT molecular complexity index is 318. The minimum Gasteiger partial charge on any atom is -0.378 e. The van der Waals surface area contributed by atoms with E-state index in [0.717, 1.165) is 0 Å². The molecule has 0 unspecified atom stereocenters. The average Bonchev–Trinajstić information content (AvgIpc) is 2.28. The van der Waals surface area contributed by atoms with Gasteiger partial charge in [0.25, 0.3) is 0 Å². The van der Waals surface area contributed by atoms with E-state index in [1.807, 2.05) is 0 Å². The van der Waals surface area contributed by atoms with E-state index in [-0.39, 0.29) is 21.1 Å². The van der Waals surface area contributed by atoms with Crippen molar-refractivity contribution in [2.45, 2.75) is 64.6 Å². The summed E-state index contributed by atoms with van der Waals surface area (Å²) in [5.74, 6) is 4.32. The van der Waals surface area contributed by atoms with Gasteiger partial charge in [-0.3, -0.25) is 0 Å². The van der Waals surface area contributed by atoms with E-state index in [1.165, 1.54) is 25.7 Å². The molecule has 21 heavy (non-hydrogen) atoms. The Labute approximate surface area is 145 Å². The second-order valence-electron chi connectivity index (χ2n) is 5.50. The summed E-state index contributed by atoms with van der Waals surface area (Å²) in [5, 5.41) is 17.2. The molecule has 3 heteroatoms. The van der Waals surface area contributed by atoms with Gasteiger partial charge in [-0.2, -0.15) is 0 Å². The second kappa shape index (κ2) is 14.2. The molecule has 0 aliphatic heterocycles. The van der Waals surface area contributed by atoms with Gasteiger partial charge >= 0.3 is 0 Å². The summed E-state index contributed by atoms with van der Waals surface area (Å²) in [6.07, 6.45) is 23.6. The number of hydrogen-bond acceptors (Lipinski definition) is 2. The first-order chi connectivity index (χ1) is 9.12. The third kappa shape index (κ3) is 32.6. The molecule has 0 saturated carbocycles. The smallest absolute Gasteiger partial charge is 0.119 e. The molecule has 0 saturated heterocycles. The summed E-state index contributed by atoms with van der Waals surface area (Å²) >= 11 is 0. The summed E-state index contributed by atoms with van der Waals surface area (Å²) in [5.41, 5.74) is -1.86. The fourth-order valence-electron chi connectivity index (χ4n) is 0.856. The summed E-state index contributed by atoms with van der Waals surface area (Å²) in [4.78, 5) is 0. The fraction of sp³-hybridized carbons (Fsp3) is 0.556. The van der Waals surface area contributed by atoms with Gasteiger partial charge in [-0.1, -0.05) is 36.1 Å². The Hall–Kier alpha value is -0.792. The molecule has 0 spiro atoms. The van der Waals surface area contributed by atoms with Crippen LogP contribution in [0.5, 0.6) is 0 Å². The molecule has 0 aromatic rings. The van der Waals surface area contributed by atoms with E-state index in [2.05, 4.69) is 36.1 Å². The molecular formula is C18H28O2Pt. The number of aliphatic hydroxyl groups is 2. The van der Waals surface area contributed by atoms with Crippen LogP contribution in [-0.4, -0.2) is 21.4 Å². The minimum atomic E-state index is -0.931. The van der Waals surface area contributed by atoms with Crippen molar-refractivity contribution < 1.29 is 31.3 Å². The standard InChI is InChI=1S/C8H12.2C5H8O.Pt/c1-2-4-6-8-7-5-3-1;2*1-4-5(2,3)6;/h1-2,7-8H,3-6H2;2*1,6H,2-3H3;. The zero-order chi connectivity index (χ0) is 16.1. The van der Waals surface area contributed by atoms with Gasteiger partial charge in [0.05, 0.1) is 0 Å². The SMILES string of the molecule is C#CC(C)(C)O.C#CC(C)(C)O.C1=CCCC=CCC1.[Pt]. The molecule has 2 N–H and O–H groups in total. The predicted molar refractivity (Wildman–Crippen MR) is 87.0 cm³/mol. The van der Waals surface area contributed by atoms with E-state index in [9.17, 15) is 0 Å². The van der Waals surface area contributed by atoms with Gasteiger partial charge in [0, 0.05) is 21.1 Å². The van der Waals surface area contributed by atoms with Crippen molar-refractivity contribution in [3.05, 3.63) is 24.3 Å². The van der Waals surface area contributed by atoms with Crippen LogP contribution in [0, 0.1) is 24.7 Å². The van der Waals surface area contributed by atoms with Crippen LogP contribution < -0.4 is 0 Å². The Balaban J connectivity index is -0.000000231. The molecule has 0 radical (unpaired) electrons. The van der Waals surface area contributed by atoms with Crippen LogP contribution in [0.25, 0.3) is 0 Å². The van der Waals surface area contributed by atoms with Crippen molar-refractivity contribution in [3.63, 3.8) is 0 Å². The predicted octanol–water partition coefficient (Wildman–Crippen LogP) is 3.45. The van der Waals surface area contributed by atoms with Crippen LogP contribution in [0.4, 0.5) is 0 Å². The Morgan fingerprint density at radius 2 is 0.857 bits per heavy atom. The number of terminal acetylenes is 2. The third-order valence-electron chi connectivity index (χ3n) is 2.04. The number of allylic oxidation sites excluding steroid dienone is 4. The molecule has 0 aromatic carbocycles. The van der Waals surface area contributed by atoms with Gasteiger partial charge in [-0.15, -0.1) is 12.8 Å².